The molecule has 0 bridgehead atoms. The van der Waals surface area contributed by atoms with E-state index in [2.05, 4.69) is 4.98 Å². The number of carbonyl (C=O) groups is 1. The monoisotopic (exact) mass is 193 g/mol. The third kappa shape index (κ3) is 2.55. The first-order valence-electron chi connectivity index (χ1n) is 4.80. The lowest BCUT2D eigenvalue weighted by Crippen LogP contribution is -2.12. The number of aliphatic carboxylic acids is 1. The Hall–Kier alpha value is -1.38. The molecule has 0 aliphatic carbocycles. The second-order valence-electron chi connectivity index (χ2n) is 3.44. The Morgan fingerprint density at radius 2 is 2.36 bits per heavy atom. The fraction of sp³-hybridized carbons (Fsp3) is 0.455. The zero-order chi connectivity index (χ0) is 10.6. The predicted octanol–water partition coefficient (Wildman–Crippen LogP) is 2.36. The summed E-state index contributed by atoms with van der Waals surface area (Å²) in [6.45, 7) is 3.92. The van der Waals surface area contributed by atoms with E-state index >= 15 is 0 Å². The Balaban J connectivity index is 2.93. The van der Waals surface area contributed by atoms with E-state index in [1.54, 1.807) is 6.20 Å². The van der Waals surface area contributed by atoms with Gasteiger partial charge < -0.3 is 5.11 Å². The number of hydrogen-bond donors (Lipinski definition) is 1. The number of aryl methyl sites for hydroxylation is 1. The van der Waals surface area contributed by atoms with Gasteiger partial charge in [0.15, 0.2) is 0 Å². The highest BCUT2D eigenvalue weighted by Crippen LogP contribution is 2.20. The van der Waals surface area contributed by atoms with Crippen LogP contribution in [0.4, 0.5) is 0 Å². The van der Waals surface area contributed by atoms with Crippen molar-refractivity contribution >= 4 is 5.97 Å². The van der Waals surface area contributed by atoms with Crippen LogP contribution in [-0.2, 0) is 4.79 Å². The Kier molecular flexibility index (Phi) is 3.63. The van der Waals surface area contributed by atoms with E-state index in [0.29, 0.717) is 12.1 Å². The van der Waals surface area contributed by atoms with Gasteiger partial charge in [0.25, 0.3) is 0 Å². The highest BCUT2D eigenvalue weighted by Gasteiger charge is 2.19. The van der Waals surface area contributed by atoms with Crippen LogP contribution in [0.1, 0.15) is 36.9 Å². The molecule has 1 rings (SSSR count). The third-order valence-corrected chi connectivity index (χ3v) is 2.17. The molecule has 76 valence electrons. The summed E-state index contributed by atoms with van der Waals surface area (Å²) >= 11 is 0. The molecule has 0 saturated heterocycles. The topological polar surface area (TPSA) is 50.2 Å². The molecule has 1 heterocycles. The van der Waals surface area contributed by atoms with Crippen molar-refractivity contribution < 1.29 is 9.90 Å². The second kappa shape index (κ2) is 4.74. The predicted molar refractivity (Wildman–Crippen MR) is 54.3 cm³/mol. The fourth-order valence-electron chi connectivity index (χ4n) is 1.44. The van der Waals surface area contributed by atoms with Crippen LogP contribution in [0.3, 0.4) is 0 Å². The summed E-state index contributed by atoms with van der Waals surface area (Å²) in [6, 6.07) is 3.71. The summed E-state index contributed by atoms with van der Waals surface area (Å²) in [5, 5.41) is 9.01. The van der Waals surface area contributed by atoms with E-state index in [9.17, 15) is 4.79 Å². The standard InChI is InChI=1S/C11H15NO2/c1-3-4-9(11(13)14)10-7-8(2)5-6-12-10/h5-7,9H,3-4H2,1-2H3,(H,13,14). The molecule has 0 aromatic carbocycles. The first kappa shape index (κ1) is 10.7. The van der Waals surface area contributed by atoms with E-state index < -0.39 is 11.9 Å². The molecule has 1 aromatic heterocycles. The average Bonchev–Trinajstić information content (AvgIpc) is 2.13. The first-order chi connectivity index (χ1) is 6.65. The third-order valence-electron chi connectivity index (χ3n) is 2.17. The van der Waals surface area contributed by atoms with Crippen molar-refractivity contribution in [1.29, 1.82) is 0 Å². The number of carboxylic acid groups (broad SMARTS) is 1. The molecule has 1 atom stereocenters. The molecule has 1 aromatic rings. The number of hydrogen-bond acceptors (Lipinski definition) is 2. The average molecular weight is 193 g/mol. The Morgan fingerprint density at radius 3 is 2.86 bits per heavy atom. The van der Waals surface area contributed by atoms with Crippen LogP contribution in [0.5, 0.6) is 0 Å². The molecular weight excluding hydrogens is 178 g/mol. The molecule has 3 nitrogen and oxygen atoms in total. The highest BCUT2D eigenvalue weighted by atomic mass is 16.4. The maximum atomic E-state index is 11.0. The van der Waals surface area contributed by atoms with E-state index in [1.165, 1.54) is 0 Å². The van der Waals surface area contributed by atoms with Gasteiger partial charge in [-0.15, -0.1) is 0 Å². The Bertz CT molecular complexity index is 323. The molecule has 14 heavy (non-hydrogen) atoms. The maximum Gasteiger partial charge on any atom is 0.312 e. The van der Waals surface area contributed by atoms with Crippen molar-refractivity contribution in [3.8, 4) is 0 Å². The molecule has 0 radical (unpaired) electrons. The second-order valence-corrected chi connectivity index (χ2v) is 3.44. The summed E-state index contributed by atoms with van der Waals surface area (Å²) in [4.78, 5) is 15.1. The lowest BCUT2D eigenvalue weighted by Gasteiger charge is -2.10. The maximum absolute atomic E-state index is 11.0. The highest BCUT2D eigenvalue weighted by molar-refractivity contribution is 5.75. The van der Waals surface area contributed by atoms with Gasteiger partial charge in [-0.3, -0.25) is 9.78 Å². The van der Waals surface area contributed by atoms with Crippen LogP contribution < -0.4 is 0 Å². The van der Waals surface area contributed by atoms with E-state index in [4.69, 9.17) is 5.11 Å². The van der Waals surface area contributed by atoms with Gasteiger partial charge in [0.05, 0.1) is 11.6 Å². The summed E-state index contributed by atoms with van der Waals surface area (Å²) in [5.74, 6) is -1.25. The number of pyridine rings is 1. The first-order valence-corrected chi connectivity index (χ1v) is 4.80. The van der Waals surface area contributed by atoms with Gasteiger partial charge in [-0.05, 0) is 31.0 Å². The van der Waals surface area contributed by atoms with Crippen molar-refractivity contribution in [2.75, 3.05) is 0 Å². The smallest absolute Gasteiger partial charge is 0.312 e. The summed E-state index contributed by atoms with van der Waals surface area (Å²) in [6.07, 6.45) is 3.16. The molecule has 0 aliphatic heterocycles. The molecule has 0 aliphatic rings. The van der Waals surface area contributed by atoms with Crippen LogP contribution >= 0.6 is 0 Å². The van der Waals surface area contributed by atoms with Crippen LogP contribution in [0, 0.1) is 6.92 Å². The zero-order valence-electron chi connectivity index (χ0n) is 8.53. The number of carboxylic acids is 1. The minimum absolute atomic E-state index is 0.458. The summed E-state index contributed by atoms with van der Waals surface area (Å²) < 4.78 is 0. The normalized spacial score (nSPS) is 12.4. The minimum atomic E-state index is -0.787. The molecule has 3 heteroatoms. The van der Waals surface area contributed by atoms with Crippen LogP contribution in [-0.4, -0.2) is 16.1 Å². The minimum Gasteiger partial charge on any atom is -0.481 e. The molecule has 0 amide bonds. The van der Waals surface area contributed by atoms with E-state index in [0.717, 1.165) is 12.0 Å². The molecule has 0 saturated carbocycles. The van der Waals surface area contributed by atoms with Gasteiger partial charge in [0.1, 0.15) is 0 Å². The molecule has 0 spiro atoms. The van der Waals surface area contributed by atoms with Crippen molar-refractivity contribution in [2.24, 2.45) is 0 Å². The van der Waals surface area contributed by atoms with Gasteiger partial charge in [0.2, 0.25) is 0 Å². The van der Waals surface area contributed by atoms with Gasteiger partial charge in [-0.2, -0.15) is 0 Å². The van der Waals surface area contributed by atoms with E-state index in [1.807, 2.05) is 26.0 Å². The van der Waals surface area contributed by atoms with Crippen LogP contribution in [0.15, 0.2) is 18.3 Å². The molecule has 1 unspecified atom stereocenters. The lowest BCUT2D eigenvalue weighted by molar-refractivity contribution is -0.139. The molecular formula is C11H15NO2. The number of aromatic nitrogens is 1. The Labute approximate surface area is 83.8 Å². The van der Waals surface area contributed by atoms with Gasteiger partial charge in [-0.1, -0.05) is 13.3 Å². The zero-order valence-corrected chi connectivity index (χ0v) is 8.53. The number of nitrogens with zero attached hydrogens (tertiary/aromatic N) is 1. The van der Waals surface area contributed by atoms with E-state index in [-0.39, 0.29) is 0 Å². The summed E-state index contributed by atoms with van der Waals surface area (Å²) in [5.41, 5.74) is 1.72. The van der Waals surface area contributed by atoms with Crippen molar-refractivity contribution in [2.45, 2.75) is 32.6 Å². The van der Waals surface area contributed by atoms with Crippen molar-refractivity contribution in [1.82, 2.24) is 4.98 Å². The molecule has 0 fully saturated rings. The largest absolute Gasteiger partial charge is 0.481 e. The van der Waals surface area contributed by atoms with Crippen LogP contribution in [0.2, 0.25) is 0 Å². The summed E-state index contributed by atoms with van der Waals surface area (Å²) in [7, 11) is 0. The van der Waals surface area contributed by atoms with Crippen LogP contribution in [0.25, 0.3) is 0 Å². The Morgan fingerprint density at radius 1 is 1.64 bits per heavy atom. The number of rotatable bonds is 4. The van der Waals surface area contributed by atoms with Gasteiger partial charge in [-0.25, -0.2) is 0 Å². The van der Waals surface area contributed by atoms with Crippen molar-refractivity contribution in [3.63, 3.8) is 0 Å². The van der Waals surface area contributed by atoms with Gasteiger partial charge >= 0.3 is 5.97 Å². The SMILES string of the molecule is CCCC(C(=O)O)c1cc(C)ccn1. The molecule has 1 N–H and O–H groups in total. The fourth-order valence-corrected chi connectivity index (χ4v) is 1.44. The van der Waals surface area contributed by atoms with Crippen molar-refractivity contribution in [3.05, 3.63) is 29.6 Å². The quantitative estimate of drug-likeness (QED) is 0.798. The van der Waals surface area contributed by atoms with Gasteiger partial charge in [0, 0.05) is 6.20 Å². The lowest BCUT2D eigenvalue weighted by atomic mass is 9.98.